The number of aliphatic imine (C=N–C) groups is 1. The minimum Gasteiger partial charge on any atom is -0.463 e. The normalized spacial score (nSPS) is 15.5. The standard InChI is InChI=1S/C28H36Cl2N6O4S/c1-4-39-26(37)22-17(3)36-21(15-41-13-12-34-28(31)33-11-7-8-18-14-32-16-35-18)24(27(38)40-5-2)23(22)19-9-6-10-20(29)25(19)30/h6,9-10,14,16,23,36H,4-5,7-8,11-13,15H2,1-3H3,(H,32,35)(H3,31,33,34). The van der Waals surface area contributed by atoms with Gasteiger partial charge in [-0.25, -0.2) is 14.6 Å². The minimum atomic E-state index is -0.821. The molecule has 1 aliphatic rings. The second-order valence-electron chi connectivity index (χ2n) is 9.00. The van der Waals surface area contributed by atoms with Gasteiger partial charge in [-0.1, -0.05) is 35.3 Å². The highest BCUT2D eigenvalue weighted by atomic mass is 35.5. The molecule has 0 fully saturated rings. The van der Waals surface area contributed by atoms with Crippen molar-refractivity contribution in [1.82, 2.24) is 20.6 Å². The number of nitrogens with zero attached hydrogens (tertiary/aromatic N) is 2. The number of carbonyl (C=O) groups is 2. The van der Waals surface area contributed by atoms with E-state index in [9.17, 15) is 9.59 Å². The molecule has 3 rings (SSSR count). The molecule has 41 heavy (non-hydrogen) atoms. The second kappa shape index (κ2) is 16.3. The van der Waals surface area contributed by atoms with Gasteiger partial charge in [-0.2, -0.15) is 11.8 Å². The van der Waals surface area contributed by atoms with Gasteiger partial charge in [-0.3, -0.25) is 4.99 Å². The third-order valence-electron chi connectivity index (χ3n) is 6.17. The lowest BCUT2D eigenvalue weighted by atomic mass is 9.80. The molecule has 222 valence electrons. The molecule has 0 spiro atoms. The van der Waals surface area contributed by atoms with Gasteiger partial charge >= 0.3 is 11.9 Å². The third-order valence-corrected chi connectivity index (χ3v) is 7.99. The predicted molar refractivity (Wildman–Crippen MR) is 164 cm³/mol. The summed E-state index contributed by atoms with van der Waals surface area (Å²) in [4.78, 5) is 37.9. The van der Waals surface area contributed by atoms with Gasteiger partial charge in [-0.05, 0) is 45.2 Å². The van der Waals surface area contributed by atoms with Crippen LogP contribution in [0.25, 0.3) is 0 Å². The Hall–Kier alpha value is -3.15. The number of carbonyl (C=O) groups excluding carboxylic acids is 2. The van der Waals surface area contributed by atoms with E-state index in [0.717, 1.165) is 18.5 Å². The fourth-order valence-corrected chi connectivity index (χ4v) is 5.61. The molecule has 0 aliphatic carbocycles. The van der Waals surface area contributed by atoms with E-state index in [-0.39, 0.29) is 23.8 Å². The van der Waals surface area contributed by atoms with Gasteiger partial charge in [0, 0.05) is 47.9 Å². The van der Waals surface area contributed by atoms with Crippen molar-refractivity contribution in [3.05, 3.63) is 74.6 Å². The molecule has 1 aromatic carbocycles. The lowest BCUT2D eigenvalue weighted by Gasteiger charge is -2.32. The molecule has 2 aromatic rings. The highest BCUT2D eigenvalue weighted by molar-refractivity contribution is 7.99. The molecule has 0 saturated carbocycles. The van der Waals surface area contributed by atoms with Gasteiger partial charge in [0.1, 0.15) is 0 Å². The van der Waals surface area contributed by atoms with Crippen LogP contribution in [0.15, 0.2) is 58.3 Å². The molecular formula is C28H36Cl2N6O4S. The van der Waals surface area contributed by atoms with Crippen LogP contribution in [0.5, 0.6) is 0 Å². The van der Waals surface area contributed by atoms with E-state index in [1.54, 1.807) is 63.3 Å². The summed E-state index contributed by atoms with van der Waals surface area (Å²) in [5.41, 5.74) is 9.36. The van der Waals surface area contributed by atoms with Crippen molar-refractivity contribution >= 4 is 52.9 Å². The lowest BCUT2D eigenvalue weighted by molar-refractivity contribution is -0.139. The van der Waals surface area contributed by atoms with Crippen molar-refractivity contribution in [1.29, 1.82) is 0 Å². The summed E-state index contributed by atoms with van der Waals surface area (Å²) >= 11 is 14.5. The molecular weight excluding hydrogens is 587 g/mol. The smallest absolute Gasteiger partial charge is 0.336 e. The van der Waals surface area contributed by atoms with E-state index in [1.807, 2.05) is 0 Å². The Bertz CT molecular complexity index is 1300. The number of aromatic amines is 1. The van der Waals surface area contributed by atoms with Crippen LogP contribution >= 0.6 is 35.0 Å². The summed E-state index contributed by atoms with van der Waals surface area (Å²) in [6, 6.07) is 5.14. The summed E-state index contributed by atoms with van der Waals surface area (Å²) < 4.78 is 10.8. The highest BCUT2D eigenvalue weighted by Crippen LogP contribution is 2.44. The lowest BCUT2D eigenvalue weighted by Crippen LogP contribution is -2.35. The van der Waals surface area contributed by atoms with Crippen LogP contribution in [-0.2, 0) is 25.5 Å². The third kappa shape index (κ3) is 8.92. The fraction of sp³-hybridized carbons (Fsp3) is 0.429. The molecule has 2 heterocycles. The molecule has 1 aromatic heterocycles. The number of nitrogens with two attached hydrogens (primary N) is 1. The SMILES string of the molecule is CCOC(=O)C1=C(C)NC(CSCCNC(N)=NCCCc2cnc[nH]2)=C(C(=O)OCC)C1c1cccc(Cl)c1Cl. The number of rotatable bonds is 14. The topological polar surface area (TPSA) is 144 Å². The highest BCUT2D eigenvalue weighted by Gasteiger charge is 2.40. The van der Waals surface area contributed by atoms with Gasteiger partial charge in [0.2, 0.25) is 0 Å². The molecule has 1 aliphatic heterocycles. The van der Waals surface area contributed by atoms with Crippen molar-refractivity contribution in [3.8, 4) is 0 Å². The number of allylic oxidation sites excluding steroid dienone is 1. The van der Waals surface area contributed by atoms with Crippen LogP contribution in [0.4, 0.5) is 0 Å². The van der Waals surface area contributed by atoms with Gasteiger partial charge in [-0.15, -0.1) is 0 Å². The first-order valence-corrected chi connectivity index (χ1v) is 15.3. The van der Waals surface area contributed by atoms with Crippen LogP contribution in [0, 0.1) is 0 Å². The van der Waals surface area contributed by atoms with Crippen LogP contribution in [0.3, 0.4) is 0 Å². The summed E-state index contributed by atoms with van der Waals surface area (Å²) in [5.74, 6) is -0.406. The molecule has 0 saturated heterocycles. The fourth-order valence-electron chi connectivity index (χ4n) is 4.37. The van der Waals surface area contributed by atoms with Crippen LogP contribution in [0.2, 0.25) is 10.0 Å². The van der Waals surface area contributed by atoms with E-state index < -0.39 is 17.9 Å². The maximum Gasteiger partial charge on any atom is 0.336 e. The molecule has 0 amide bonds. The molecule has 1 atom stereocenters. The van der Waals surface area contributed by atoms with Crippen molar-refractivity contribution in [2.24, 2.45) is 10.7 Å². The van der Waals surface area contributed by atoms with Crippen molar-refractivity contribution < 1.29 is 19.1 Å². The average molecular weight is 624 g/mol. The Morgan fingerprint density at radius 2 is 1.90 bits per heavy atom. The summed E-state index contributed by atoms with van der Waals surface area (Å²) in [7, 11) is 0. The number of aryl methyl sites for hydroxylation is 1. The Labute approximate surface area is 254 Å². The number of guanidine groups is 1. The maximum atomic E-state index is 13.4. The van der Waals surface area contributed by atoms with Gasteiger partial charge in [0.25, 0.3) is 0 Å². The monoisotopic (exact) mass is 622 g/mol. The number of benzene rings is 1. The number of dihydropyridines is 1. The zero-order valence-corrected chi connectivity index (χ0v) is 25.7. The zero-order valence-electron chi connectivity index (χ0n) is 23.4. The number of ether oxygens (including phenoxy) is 2. The molecule has 13 heteroatoms. The number of halogens is 2. The van der Waals surface area contributed by atoms with E-state index >= 15 is 0 Å². The van der Waals surface area contributed by atoms with Crippen molar-refractivity contribution in [2.45, 2.75) is 39.5 Å². The van der Waals surface area contributed by atoms with E-state index in [1.165, 1.54) is 0 Å². The number of aromatic nitrogens is 2. The van der Waals surface area contributed by atoms with Gasteiger partial charge < -0.3 is 30.8 Å². The minimum absolute atomic E-state index is 0.167. The molecule has 5 N–H and O–H groups in total. The first kappa shape index (κ1) is 32.4. The maximum absolute atomic E-state index is 13.4. The number of imidazole rings is 1. The summed E-state index contributed by atoms with van der Waals surface area (Å²) in [6.45, 7) is 6.75. The number of H-pyrrole nitrogens is 1. The molecule has 10 nitrogen and oxygen atoms in total. The molecule has 0 bridgehead atoms. The number of thioether (sulfide) groups is 1. The number of hydrogen-bond acceptors (Lipinski definition) is 8. The molecule has 1 unspecified atom stereocenters. The first-order chi connectivity index (χ1) is 19.8. The van der Waals surface area contributed by atoms with E-state index in [2.05, 4.69) is 25.6 Å². The van der Waals surface area contributed by atoms with Crippen LogP contribution in [-0.4, -0.2) is 65.7 Å². The van der Waals surface area contributed by atoms with Crippen molar-refractivity contribution in [2.75, 3.05) is 37.8 Å². The van der Waals surface area contributed by atoms with Crippen LogP contribution < -0.4 is 16.4 Å². The average Bonchev–Trinajstić information content (AvgIpc) is 3.46. The molecule has 0 radical (unpaired) electrons. The first-order valence-electron chi connectivity index (χ1n) is 13.4. The van der Waals surface area contributed by atoms with Gasteiger partial charge in [0.05, 0.1) is 46.7 Å². The van der Waals surface area contributed by atoms with E-state index in [4.69, 9.17) is 38.4 Å². The quantitative estimate of drug-likeness (QED) is 0.105. The Morgan fingerprint density at radius 3 is 2.59 bits per heavy atom. The van der Waals surface area contributed by atoms with Crippen LogP contribution in [0.1, 0.15) is 44.4 Å². The Balaban J connectivity index is 1.74. The zero-order chi connectivity index (χ0) is 29.8. The predicted octanol–water partition coefficient (Wildman–Crippen LogP) is 4.33. The number of nitrogens with one attached hydrogen (secondary N) is 3. The summed E-state index contributed by atoms with van der Waals surface area (Å²) in [6.07, 6.45) is 5.16. The van der Waals surface area contributed by atoms with E-state index in [0.29, 0.717) is 58.1 Å². The second-order valence-corrected chi connectivity index (χ2v) is 10.9. The van der Waals surface area contributed by atoms with Gasteiger partial charge in [0.15, 0.2) is 5.96 Å². The number of hydrogen-bond donors (Lipinski definition) is 4. The largest absolute Gasteiger partial charge is 0.463 e. The Kier molecular flexibility index (Phi) is 12.9. The van der Waals surface area contributed by atoms with Crippen molar-refractivity contribution in [3.63, 3.8) is 0 Å². The number of esters is 2. The Morgan fingerprint density at radius 1 is 1.17 bits per heavy atom. The summed E-state index contributed by atoms with van der Waals surface area (Å²) in [5, 5.41) is 6.95.